The van der Waals surface area contributed by atoms with Gasteiger partial charge in [-0.2, -0.15) is 47.9 Å². The first kappa shape index (κ1) is 31.7. The standard InChI is InChI=1S/C12H10S.C11H7F9O3S2/c1-3-7-11(8-4-1)13-12-9-5-2-6-10-12;1-24-7-4-2-6(3-5-7)23-25(21,22)11(19,20)9(14,15)8(12,13)10(16,17)18/h1-10H;2-5H,1H3. The van der Waals surface area contributed by atoms with Gasteiger partial charge in [-0.1, -0.05) is 48.2 Å². The van der Waals surface area contributed by atoms with Crippen LogP contribution in [-0.2, 0) is 10.1 Å². The number of rotatable bonds is 8. The van der Waals surface area contributed by atoms with Crippen LogP contribution in [0, 0.1) is 0 Å². The van der Waals surface area contributed by atoms with Crippen molar-refractivity contribution in [2.45, 2.75) is 38.0 Å². The maximum atomic E-state index is 13.4. The van der Waals surface area contributed by atoms with E-state index in [0.29, 0.717) is 4.90 Å². The van der Waals surface area contributed by atoms with Crippen LogP contribution in [0.15, 0.2) is 99.6 Å². The van der Waals surface area contributed by atoms with Crippen LogP contribution < -0.4 is 4.18 Å². The molecule has 0 N–H and O–H groups in total. The minimum absolute atomic E-state index is 0.463. The van der Waals surface area contributed by atoms with Crippen molar-refractivity contribution in [2.24, 2.45) is 0 Å². The summed E-state index contributed by atoms with van der Waals surface area (Å²) in [7, 11) is -6.90. The van der Waals surface area contributed by atoms with Crippen LogP contribution >= 0.6 is 23.5 Å². The maximum absolute atomic E-state index is 13.4. The molecule has 0 unspecified atom stereocenters. The van der Waals surface area contributed by atoms with Crippen molar-refractivity contribution >= 4 is 33.6 Å². The Hall–Kier alpha value is -2.52. The molecule has 0 aromatic heterocycles. The molecule has 38 heavy (non-hydrogen) atoms. The van der Waals surface area contributed by atoms with Gasteiger partial charge in [-0.25, -0.2) is 0 Å². The lowest BCUT2D eigenvalue weighted by atomic mass is 10.1. The Bertz CT molecular complexity index is 1230. The highest BCUT2D eigenvalue weighted by Gasteiger charge is 2.86. The Morgan fingerprint density at radius 3 is 1.39 bits per heavy atom. The summed E-state index contributed by atoms with van der Waals surface area (Å²) < 4.78 is 140. The summed E-state index contributed by atoms with van der Waals surface area (Å²) in [5, 5.41) is -6.88. The molecular formula is C23H17F9O3S3. The fraction of sp³-hybridized carbons (Fsp3) is 0.217. The van der Waals surface area contributed by atoms with Gasteiger partial charge in [0.15, 0.2) is 0 Å². The van der Waals surface area contributed by atoms with Gasteiger partial charge in [-0.3, -0.25) is 0 Å². The first-order chi connectivity index (χ1) is 17.5. The number of benzene rings is 3. The maximum Gasteiger partial charge on any atom is 0.460 e. The van der Waals surface area contributed by atoms with Crippen molar-refractivity contribution < 1.29 is 52.1 Å². The van der Waals surface area contributed by atoms with E-state index in [2.05, 4.69) is 52.7 Å². The topological polar surface area (TPSA) is 43.4 Å². The Kier molecular flexibility index (Phi) is 10.1. The number of halogens is 9. The van der Waals surface area contributed by atoms with E-state index >= 15 is 0 Å². The third-order valence-electron chi connectivity index (χ3n) is 4.42. The van der Waals surface area contributed by atoms with E-state index in [1.165, 1.54) is 9.79 Å². The number of hydrogen-bond acceptors (Lipinski definition) is 5. The molecule has 0 radical (unpaired) electrons. The summed E-state index contributed by atoms with van der Waals surface area (Å²) >= 11 is 2.90. The largest absolute Gasteiger partial charge is 0.460 e. The third kappa shape index (κ3) is 7.11. The van der Waals surface area contributed by atoms with Gasteiger partial charge in [0.05, 0.1) is 0 Å². The summed E-state index contributed by atoms with van der Waals surface area (Å²) in [6.45, 7) is 0. The minimum atomic E-state index is -7.33. The molecule has 0 spiro atoms. The zero-order valence-corrected chi connectivity index (χ0v) is 21.4. The molecular weight excluding hydrogens is 591 g/mol. The van der Waals surface area contributed by atoms with Crippen LogP contribution in [0.3, 0.4) is 0 Å². The molecule has 0 saturated heterocycles. The molecule has 0 aliphatic heterocycles. The Balaban J connectivity index is 0.000000323. The zero-order chi connectivity index (χ0) is 28.8. The zero-order valence-electron chi connectivity index (χ0n) is 18.9. The average Bonchev–Trinajstić information content (AvgIpc) is 2.85. The van der Waals surface area contributed by atoms with E-state index in [1.807, 2.05) is 12.1 Å². The van der Waals surface area contributed by atoms with Crippen molar-refractivity contribution in [3.63, 3.8) is 0 Å². The lowest BCUT2D eigenvalue weighted by Crippen LogP contribution is -2.63. The van der Waals surface area contributed by atoms with Gasteiger partial charge in [-0.15, -0.1) is 11.8 Å². The second kappa shape index (κ2) is 12.1. The molecule has 0 aliphatic carbocycles. The lowest BCUT2D eigenvalue weighted by Gasteiger charge is -2.32. The number of thioether (sulfide) groups is 1. The summed E-state index contributed by atoms with van der Waals surface area (Å²) in [6, 6.07) is 24.5. The van der Waals surface area contributed by atoms with E-state index in [-0.39, 0.29) is 0 Å². The van der Waals surface area contributed by atoms with Crippen LogP contribution in [0.25, 0.3) is 0 Å². The fourth-order valence-electron chi connectivity index (χ4n) is 2.44. The van der Waals surface area contributed by atoms with Crippen molar-refractivity contribution in [1.29, 1.82) is 0 Å². The van der Waals surface area contributed by atoms with Gasteiger partial charge in [0.25, 0.3) is 0 Å². The molecule has 0 atom stereocenters. The van der Waals surface area contributed by atoms with Gasteiger partial charge in [0, 0.05) is 14.7 Å². The Morgan fingerprint density at radius 2 is 1.03 bits per heavy atom. The van der Waals surface area contributed by atoms with E-state index in [4.69, 9.17) is 0 Å². The molecule has 3 aromatic carbocycles. The van der Waals surface area contributed by atoms with Gasteiger partial charge in [-0.05, 0) is 54.8 Å². The molecule has 3 aromatic rings. The van der Waals surface area contributed by atoms with Gasteiger partial charge >= 0.3 is 33.4 Å². The van der Waals surface area contributed by atoms with E-state index in [9.17, 15) is 47.9 Å². The van der Waals surface area contributed by atoms with Gasteiger partial charge in [0.1, 0.15) is 5.75 Å². The van der Waals surface area contributed by atoms with Crippen molar-refractivity contribution in [3.8, 4) is 5.75 Å². The van der Waals surface area contributed by atoms with Crippen LogP contribution in [-0.4, -0.2) is 37.9 Å². The summed E-state index contributed by atoms with van der Waals surface area (Å²) in [4.78, 5) is 3.04. The highest BCUT2D eigenvalue weighted by atomic mass is 32.2. The van der Waals surface area contributed by atoms with E-state index in [0.717, 1.165) is 36.0 Å². The monoisotopic (exact) mass is 608 g/mol. The molecule has 208 valence electrons. The summed E-state index contributed by atoms with van der Waals surface area (Å²) in [5.74, 6) is -15.6. The molecule has 0 fully saturated rings. The normalized spacial score (nSPS) is 12.9. The number of hydrogen-bond donors (Lipinski definition) is 0. The van der Waals surface area contributed by atoms with Gasteiger partial charge < -0.3 is 4.18 Å². The predicted molar refractivity (Wildman–Crippen MR) is 126 cm³/mol. The third-order valence-corrected chi connectivity index (χ3v) is 7.47. The smallest absolute Gasteiger partial charge is 0.378 e. The Morgan fingerprint density at radius 1 is 0.605 bits per heavy atom. The molecule has 0 saturated carbocycles. The summed E-state index contributed by atoms with van der Waals surface area (Å²) in [5.41, 5.74) is 0. The van der Waals surface area contributed by atoms with Crippen molar-refractivity contribution in [2.75, 3.05) is 6.26 Å². The van der Waals surface area contributed by atoms with Crippen LogP contribution in [0.2, 0.25) is 0 Å². The van der Waals surface area contributed by atoms with Crippen LogP contribution in [0.1, 0.15) is 0 Å². The highest BCUT2D eigenvalue weighted by molar-refractivity contribution is 7.99. The SMILES string of the molecule is CSc1ccc(OS(=O)(=O)C(F)(F)C(F)(F)C(F)(F)C(F)(F)F)cc1.c1ccc(Sc2ccccc2)cc1. The second-order valence-electron chi connectivity index (χ2n) is 7.10. The molecule has 3 nitrogen and oxygen atoms in total. The molecule has 0 amide bonds. The van der Waals surface area contributed by atoms with E-state index in [1.54, 1.807) is 18.0 Å². The molecule has 15 heteroatoms. The first-order valence-corrected chi connectivity index (χ1v) is 13.5. The van der Waals surface area contributed by atoms with E-state index < -0.39 is 39.1 Å². The van der Waals surface area contributed by atoms with Crippen molar-refractivity contribution in [1.82, 2.24) is 0 Å². The van der Waals surface area contributed by atoms with Gasteiger partial charge in [0.2, 0.25) is 0 Å². The van der Waals surface area contributed by atoms with Crippen molar-refractivity contribution in [3.05, 3.63) is 84.9 Å². The fourth-order valence-corrected chi connectivity index (χ4v) is 4.62. The second-order valence-corrected chi connectivity index (χ2v) is 10.7. The quantitative estimate of drug-likeness (QED) is 0.146. The average molecular weight is 609 g/mol. The first-order valence-electron chi connectivity index (χ1n) is 10.0. The molecule has 0 aliphatic rings. The minimum Gasteiger partial charge on any atom is -0.378 e. The predicted octanol–water partition coefficient (Wildman–Crippen LogP) is 8.38. The highest BCUT2D eigenvalue weighted by Crippen LogP contribution is 2.55. The molecule has 3 rings (SSSR count). The van der Waals surface area contributed by atoms with Crippen LogP contribution in [0.5, 0.6) is 5.75 Å². The summed E-state index contributed by atoms with van der Waals surface area (Å²) in [6.07, 6.45) is -5.56. The Labute approximate surface area is 220 Å². The molecule has 0 bridgehead atoms. The lowest BCUT2D eigenvalue weighted by molar-refractivity contribution is -0.382. The van der Waals surface area contributed by atoms with Crippen LogP contribution in [0.4, 0.5) is 39.5 Å². The molecule has 0 heterocycles. The number of alkyl halides is 9.